The molecule has 0 bridgehead atoms. The minimum atomic E-state index is -0.305. The van der Waals surface area contributed by atoms with Crippen LogP contribution in [0.2, 0.25) is 5.02 Å². The zero-order chi connectivity index (χ0) is 17.7. The van der Waals surface area contributed by atoms with Gasteiger partial charge in [-0.2, -0.15) is 0 Å². The van der Waals surface area contributed by atoms with E-state index in [1.165, 1.54) is 11.8 Å². The third kappa shape index (κ3) is 4.49. The molecule has 0 aliphatic carbocycles. The van der Waals surface area contributed by atoms with Gasteiger partial charge in [0.1, 0.15) is 12.3 Å². The van der Waals surface area contributed by atoms with Gasteiger partial charge in [-0.1, -0.05) is 17.7 Å². The number of methoxy groups -OCH3 is 1. The smallest absolute Gasteiger partial charge is 0.244 e. The number of amides is 2. The summed E-state index contributed by atoms with van der Waals surface area (Å²) >= 11 is 6.05. The number of halogens is 1. The fourth-order valence-electron chi connectivity index (χ4n) is 2.16. The maximum absolute atomic E-state index is 12.2. The van der Waals surface area contributed by atoms with Gasteiger partial charge in [0, 0.05) is 23.3 Å². The number of hydrogen-bond acceptors (Lipinski definition) is 3. The molecule has 0 fully saturated rings. The summed E-state index contributed by atoms with van der Waals surface area (Å²) in [4.78, 5) is 25.5. The summed E-state index contributed by atoms with van der Waals surface area (Å²) in [5.74, 6) is 0.152. The van der Waals surface area contributed by atoms with Crippen molar-refractivity contribution in [2.24, 2.45) is 0 Å². The largest absolute Gasteiger partial charge is 0.497 e. The van der Waals surface area contributed by atoms with E-state index >= 15 is 0 Å². The Hall–Kier alpha value is -2.53. The Morgan fingerprint density at radius 2 is 1.83 bits per heavy atom. The maximum Gasteiger partial charge on any atom is 0.244 e. The molecule has 2 aromatic carbocycles. The molecular formula is C18H19ClN2O3. The Labute approximate surface area is 146 Å². The predicted molar refractivity (Wildman–Crippen MR) is 95.8 cm³/mol. The predicted octanol–water partition coefficient (Wildman–Crippen LogP) is 3.65. The minimum Gasteiger partial charge on any atom is -0.497 e. The van der Waals surface area contributed by atoms with Gasteiger partial charge in [-0.25, -0.2) is 0 Å². The molecule has 6 heteroatoms. The number of anilines is 2. The average molecular weight is 347 g/mol. The van der Waals surface area contributed by atoms with Crippen molar-refractivity contribution in [2.75, 3.05) is 23.9 Å². The summed E-state index contributed by atoms with van der Waals surface area (Å²) in [5.41, 5.74) is 2.15. The van der Waals surface area contributed by atoms with E-state index in [9.17, 15) is 9.59 Å². The number of aryl methyl sites for hydroxylation is 1. The molecule has 0 atom stereocenters. The molecule has 0 heterocycles. The quantitative estimate of drug-likeness (QED) is 0.899. The highest BCUT2D eigenvalue weighted by Crippen LogP contribution is 2.21. The van der Waals surface area contributed by atoms with Gasteiger partial charge < -0.3 is 15.0 Å². The molecule has 0 saturated carbocycles. The van der Waals surface area contributed by atoms with Crippen LogP contribution in [-0.4, -0.2) is 25.5 Å². The first-order valence-electron chi connectivity index (χ1n) is 7.39. The van der Waals surface area contributed by atoms with Gasteiger partial charge in [-0.3, -0.25) is 9.59 Å². The molecule has 1 N–H and O–H groups in total. The van der Waals surface area contributed by atoms with Crippen LogP contribution in [0, 0.1) is 6.92 Å². The lowest BCUT2D eigenvalue weighted by Crippen LogP contribution is -2.36. The van der Waals surface area contributed by atoms with Crippen molar-refractivity contribution in [1.82, 2.24) is 0 Å². The summed E-state index contributed by atoms with van der Waals surface area (Å²) in [6, 6.07) is 12.2. The standard InChI is InChI=1S/C18H19ClN2O3/c1-12-4-5-14(10-17(12)19)20-18(23)11-21(13(2)22)15-6-8-16(24-3)9-7-15/h4-10H,11H2,1-3H3,(H,20,23). The summed E-state index contributed by atoms with van der Waals surface area (Å²) in [6.07, 6.45) is 0. The lowest BCUT2D eigenvalue weighted by Gasteiger charge is -2.21. The highest BCUT2D eigenvalue weighted by Gasteiger charge is 2.16. The third-order valence-corrected chi connectivity index (χ3v) is 3.93. The Bertz CT molecular complexity index is 744. The van der Waals surface area contributed by atoms with Crippen LogP contribution in [0.4, 0.5) is 11.4 Å². The summed E-state index contributed by atoms with van der Waals surface area (Å²) in [7, 11) is 1.57. The molecule has 0 spiro atoms. The molecular weight excluding hydrogens is 328 g/mol. The second-order valence-electron chi connectivity index (χ2n) is 5.32. The lowest BCUT2D eigenvalue weighted by atomic mass is 10.2. The van der Waals surface area contributed by atoms with E-state index in [1.54, 1.807) is 43.5 Å². The first kappa shape index (κ1) is 17.8. The first-order valence-corrected chi connectivity index (χ1v) is 7.76. The van der Waals surface area contributed by atoms with Gasteiger partial charge in [0.15, 0.2) is 0 Å². The van der Waals surface area contributed by atoms with Crippen LogP contribution in [0.25, 0.3) is 0 Å². The highest BCUT2D eigenvalue weighted by molar-refractivity contribution is 6.31. The number of nitrogens with zero attached hydrogens (tertiary/aromatic N) is 1. The molecule has 0 unspecified atom stereocenters. The number of ether oxygens (including phenoxy) is 1. The van der Waals surface area contributed by atoms with Gasteiger partial charge in [0.05, 0.1) is 7.11 Å². The summed E-state index contributed by atoms with van der Waals surface area (Å²) in [5, 5.41) is 3.32. The second kappa shape index (κ2) is 7.84. The molecule has 0 radical (unpaired) electrons. The number of carbonyl (C=O) groups is 2. The number of benzene rings is 2. The first-order chi connectivity index (χ1) is 11.4. The summed E-state index contributed by atoms with van der Waals surface area (Å²) < 4.78 is 5.10. The molecule has 24 heavy (non-hydrogen) atoms. The van der Waals surface area contributed by atoms with Crippen LogP contribution in [0.3, 0.4) is 0 Å². The van der Waals surface area contributed by atoms with Crippen LogP contribution in [0.1, 0.15) is 12.5 Å². The molecule has 2 amide bonds. The van der Waals surface area contributed by atoms with Gasteiger partial charge in [-0.15, -0.1) is 0 Å². The average Bonchev–Trinajstić information content (AvgIpc) is 2.56. The molecule has 2 aromatic rings. The van der Waals surface area contributed by atoms with Crippen molar-refractivity contribution in [3.63, 3.8) is 0 Å². The van der Waals surface area contributed by atoms with Crippen molar-refractivity contribution < 1.29 is 14.3 Å². The Morgan fingerprint density at radius 3 is 2.38 bits per heavy atom. The Balaban J connectivity index is 2.10. The number of rotatable bonds is 5. The normalized spacial score (nSPS) is 10.2. The van der Waals surface area contributed by atoms with Crippen molar-refractivity contribution >= 4 is 34.8 Å². The molecule has 0 aliphatic heterocycles. The molecule has 0 aliphatic rings. The van der Waals surface area contributed by atoms with E-state index in [0.717, 1.165) is 5.56 Å². The Kier molecular flexibility index (Phi) is 5.82. The molecule has 0 saturated heterocycles. The van der Waals surface area contributed by atoms with Crippen molar-refractivity contribution in [3.05, 3.63) is 53.1 Å². The topological polar surface area (TPSA) is 58.6 Å². The fourth-order valence-corrected chi connectivity index (χ4v) is 2.34. The monoisotopic (exact) mass is 346 g/mol. The van der Waals surface area contributed by atoms with Crippen LogP contribution in [-0.2, 0) is 9.59 Å². The van der Waals surface area contributed by atoms with E-state index in [-0.39, 0.29) is 18.4 Å². The lowest BCUT2D eigenvalue weighted by molar-refractivity contribution is -0.120. The van der Waals surface area contributed by atoms with Gasteiger partial charge in [-0.05, 0) is 48.9 Å². The fraction of sp³-hybridized carbons (Fsp3) is 0.222. The molecule has 2 rings (SSSR count). The number of carbonyl (C=O) groups excluding carboxylic acids is 2. The van der Waals surface area contributed by atoms with Crippen molar-refractivity contribution in [1.29, 1.82) is 0 Å². The number of hydrogen-bond donors (Lipinski definition) is 1. The van der Waals surface area contributed by atoms with E-state index in [1.807, 2.05) is 13.0 Å². The third-order valence-electron chi connectivity index (χ3n) is 3.52. The second-order valence-corrected chi connectivity index (χ2v) is 5.72. The van der Waals surface area contributed by atoms with Crippen LogP contribution in [0.15, 0.2) is 42.5 Å². The van der Waals surface area contributed by atoms with Crippen LogP contribution in [0.5, 0.6) is 5.75 Å². The van der Waals surface area contributed by atoms with Gasteiger partial charge in [0.25, 0.3) is 0 Å². The van der Waals surface area contributed by atoms with Gasteiger partial charge in [0.2, 0.25) is 11.8 Å². The summed E-state index contributed by atoms with van der Waals surface area (Å²) in [6.45, 7) is 3.21. The number of nitrogens with one attached hydrogen (secondary N) is 1. The molecule has 0 aromatic heterocycles. The van der Waals surface area contributed by atoms with Gasteiger partial charge >= 0.3 is 0 Å². The zero-order valence-corrected chi connectivity index (χ0v) is 14.6. The van der Waals surface area contributed by atoms with E-state index < -0.39 is 0 Å². The molecule has 126 valence electrons. The van der Waals surface area contributed by atoms with E-state index in [0.29, 0.717) is 22.1 Å². The highest BCUT2D eigenvalue weighted by atomic mass is 35.5. The SMILES string of the molecule is COc1ccc(N(CC(=O)Nc2ccc(C)c(Cl)c2)C(C)=O)cc1. The van der Waals surface area contributed by atoms with Crippen molar-refractivity contribution in [3.8, 4) is 5.75 Å². The maximum atomic E-state index is 12.2. The Morgan fingerprint density at radius 1 is 1.17 bits per heavy atom. The zero-order valence-electron chi connectivity index (χ0n) is 13.8. The van der Waals surface area contributed by atoms with Crippen LogP contribution >= 0.6 is 11.6 Å². The van der Waals surface area contributed by atoms with Crippen molar-refractivity contribution in [2.45, 2.75) is 13.8 Å². The van der Waals surface area contributed by atoms with Crippen LogP contribution < -0.4 is 15.0 Å². The van der Waals surface area contributed by atoms with E-state index in [2.05, 4.69) is 5.32 Å². The minimum absolute atomic E-state index is 0.0901. The molecule has 5 nitrogen and oxygen atoms in total. The van der Waals surface area contributed by atoms with E-state index in [4.69, 9.17) is 16.3 Å².